The van der Waals surface area contributed by atoms with Crippen LogP contribution in [0.2, 0.25) is 10.0 Å². The van der Waals surface area contributed by atoms with Gasteiger partial charge in [-0.3, -0.25) is 5.43 Å². The quantitative estimate of drug-likeness (QED) is 0.658. The lowest BCUT2D eigenvalue weighted by molar-refractivity contribution is 0.415. The van der Waals surface area contributed by atoms with Crippen LogP contribution >= 0.6 is 23.2 Å². The maximum Gasteiger partial charge on any atom is 0.152 e. The predicted octanol–water partition coefficient (Wildman–Crippen LogP) is 4.15. The molecule has 0 aliphatic heterocycles. The highest BCUT2D eigenvalue weighted by molar-refractivity contribution is 6.37. The topological polar surface area (TPSA) is 53.8 Å². The SMILES string of the molecule is COc1ccc(N/N=C/c2cc(Cl)c(O)c(Cl)c2)cc1. The number of halogens is 2. The molecule has 0 saturated carbocycles. The minimum Gasteiger partial charge on any atom is -0.505 e. The van der Waals surface area contributed by atoms with Gasteiger partial charge in [-0.15, -0.1) is 0 Å². The van der Waals surface area contributed by atoms with Crippen LogP contribution in [0.1, 0.15) is 5.56 Å². The fraction of sp³-hybridized carbons (Fsp3) is 0.0714. The van der Waals surface area contributed by atoms with E-state index in [0.717, 1.165) is 11.4 Å². The summed E-state index contributed by atoms with van der Waals surface area (Å²) >= 11 is 11.6. The van der Waals surface area contributed by atoms with Crippen LogP contribution in [0.25, 0.3) is 0 Å². The van der Waals surface area contributed by atoms with Gasteiger partial charge < -0.3 is 9.84 Å². The molecule has 0 fully saturated rings. The van der Waals surface area contributed by atoms with Crippen LogP contribution in [0.4, 0.5) is 5.69 Å². The van der Waals surface area contributed by atoms with E-state index < -0.39 is 0 Å². The number of methoxy groups -OCH3 is 1. The summed E-state index contributed by atoms with van der Waals surface area (Å²) < 4.78 is 5.06. The molecule has 2 N–H and O–H groups in total. The number of hydrogen-bond acceptors (Lipinski definition) is 4. The number of hydrazone groups is 1. The molecule has 2 rings (SSSR count). The van der Waals surface area contributed by atoms with Crippen LogP contribution in [0.3, 0.4) is 0 Å². The van der Waals surface area contributed by atoms with Crippen LogP contribution < -0.4 is 10.2 Å². The zero-order chi connectivity index (χ0) is 14.5. The van der Waals surface area contributed by atoms with Crippen molar-refractivity contribution >= 4 is 35.1 Å². The van der Waals surface area contributed by atoms with Gasteiger partial charge >= 0.3 is 0 Å². The predicted molar refractivity (Wildman–Crippen MR) is 82.3 cm³/mol. The lowest BCUT2D eigenvalue weighted by atomic mass is 10.2. The highest BCUT2D eigenvalue weighted by atomic mass is 35.5. The summed E-state index contributed by atoms with van der Waals surface area (Å²) in [5.41, 5.74) is 4.36. The van der Waals surface area contributed by atoms with Gasteiger partial charge in [0.1, 0.15) is 5.75 Å². The first kappa shape index (κ1) is 14.5. The van der Waals surface area contributed by atoms with Crippen LogP contribution in [-0.4, -0.2) is 18.4 Å². The smallest absolute Gasteiger partial charge is 0.152 e. The normalized spacial score (nSPS) is 10.8. The van der Waals surface area contributed by atoms with Gasteiger partial charge in [0.05, 0.1) is 29.1 Å². The Kier molecular flexibility index (Phi) is 4.71. The van der Waals surface area contributed by atoms with Gasteiger partial charge in [0, 0.05) is 0 Å². The number of nitrogens with one attached hydrogen (secondary N) is 1. The second kappa shape index (κ2) is 6.50. The fourth-order valence-corrected chi connectivity index (χ4v) is 2.01. The molecule has 104 valence electrons. The van der Waals surface area contributed by atoms with Crippen molar-refractivity contribution in [2.45, 2.75) is 0 Å². The van der Waals surface area contributed by atoms with E-state index in [2.05, 4.69) is 10.5 Å². The number of rotatable bonds is 4. The van der Waals surface area contributed by atoms with E-state index in [1.165, 1.54) is 0 Å². The van der Waals surface area contributed by atoms with Crippen molar-refractivity contribution in [2.24, 2.45) is 5.10 Å². The molecular weight excluding hydrogens is 299 g/mol. The number of aromatic hydroxyl groups is 1. The summed E-state index contributed by atoms with van der Waals surface area (Å²) in [6.07, 6.45) is 1.56. The van der Waals surface area contributed by atoms with Crippen molar-refractivity contribution in [3.63, 3.8) is 0 Å². The third kappa shape index (κ3) is 3.56. The molecule has 0 heterocycles. The second-order valence-electron chi connectivity index (χ2n) is 3.93. The van der Waals surface area contributed by atoms with E-state index in [-0.39, 0.29) is 15.8 Å². The van der Waals surface area contributed by atoms with Gasteiger partial charge in [-0.2, -0.15) is 5.10 Å². The fourth-order valence-electron chi connectivity index (χ4n) is 1.51. The lowest BCUT2D eigenvalue weighted by Crippen LogP contribution is -1.91. The molecule has 0 aliphatic rings. The highest BCUT2D eigenvalue weighted by Gasteiger charge is 2.05. The molecular formula is C14H12Cl2N2O2. The van der Waals surface area contributed by atoms with E-state index in [4.69, 9.17) is 27.9 Å². The Morgan fingerprint density at radius 3 is 2.30 bits per heavy atom. The standard InChI is InChI=1S/C14H12Cl2N2O2/c1-20-11-4-2-10(3-5-11)18-17-8-9-6-12(15)14(19)13(16)7-9/h2-8,18-19H,1H3/b17-8+. The molecule has 0 bridgehead atoms. The maximum atomic E-state index is 9.45. The van der Waals surface area contributed by atoms with E-state index >= 15 is 0 Å². The number of anilines is 1. The van der Waals surface area contributed by atoms with Gasteiger partial charge in [0.2, 0.25) is 0 Å². The minimum atomic E-state index is -0.131. The molecule has 0 unspecified atom stereocenters. The molecule has 4 nitrogen and oxygen atoms in total. The Balaban J connectivity index is 2.06. The van der Waals surface area contributed by atoms with Crippen LogP contribution in [-0.2, 0) is 0 Å². The van der Waals surface area contributed by atoms with Gasteiger partial charge in [-0.25, -0.2) is 0 Å². The Bertz CT molecular complexity index is 605. The maximum absolute atomic E-state index is 9.45. The third-order valence-corrected chi connectivity index (χ3v) is 3.11. The second-order valence-corrected chi connectivity index (χ2v) is 4.75. The monoisotopic (exact) mass is 310 g/mol. The van der Waals surface area contributed by atoms with E-state index in [9.17, 15) is 5.11 Å². The summed E-state index contributed by atoms with van der Waals surface area (Å²) in [4.78, 5) is 0. The molecule has 0 aliphatic carbocycles. The van der Waals surface area contributed by atoms with E-state index in [0.29, 0.717) is 5.56 Å². The lowest BCUT2D eigenvalue weighted by Gasteiger charge is -2.03. The zero-order valence-corrected chi connectivity index (χ0v) is 12.1. The average molecular weight is 311 g/mol. The Morgan fingerprint density at radius 2 is 1.75 bits per heavy atom. The molecule has 0 atom stereocenters. The molecule has 20 heavy (non-hydrogen) atoms. The molecule has 2 aromatic carbocycles. The Morgan fingerprint density at radius 1 is 1.15 bits per heavy atom. The Hall–Kier alpha value is -1.91. The van der Waals surface area contributed by atoms with Crippen molar-refractivity contribution in [1.82, 2.24) is 0 Å². The number of phenols is 1. The van der Waals surface area contributed by atoms with Gasteiger partial charge in [0.25, 0.3) is 0 Å². The zero-order valence-electron chi connectivity index (χ0n) is 10.6. The van der Waals surface area contributed by atoms with Gasteiger partial charge in [-0.1, -0.05) is 23.2 Å². The summed E-state index contributed by atoms with van der Waals surface area (Å²) in [6.45, 7) is 0. The Labute approximate surface area is 126 Å². The number of benzene rings is 2. The molecule has 0 spiro atoms. The summed E-state index contributed by atoms with van der Waals surface area (Å²) in [5, 5.41) is 13.9. The third-order valence-electron chi connectivity index (χ3n) is 2.54. The molecule has 0 amide bonds. The first-order valence-corrected chi connectivity index (χ1v) is 6.47. The van der Waals surface area contributed by atoms with Crippen molar-refractivity contribution in [3.05, 3.63) is 52.0 Å². The van der Waals surface area contributed by atoms with Crippen molar-refractivity contribution < 1.29 is 9.84 Å². The first-order chi connectivity index (χ1) is 9.60. The van der Waals surface area contributed by atoms with Crippen molar-refractivity contribution in [3.8, 4) is 11.5 Å². The highest BCUT2D eigenvalue weighted by Crippen LogP contribution is 2.32. The molecule has 0 aromatic heterocycles. The molecule has 6 heteroatoms. The molecule has 2 aromatic rings. The van der Waals surface area contributed by atoms with Crippen LogP contribution in [0.5, 0.6) is 11.5 Å². The first-order valence-electron chi connectivity index (χ1n) is 5.71. The largest absolute Gasteiger partial charge is 0.505 e. The summed E-state index contributed by atoms with van der Waals surface area (Å²) in [5.74, 6) is 0.644. The van der Waals surface area contributed by atoms with Gasteiger partial charge in [0.15, 0.2) is 5.75 Å². The molecule has 0 saturated heterocycles. The number of nitrogens with zero attached hydrogens (tertiary/aromatic N) is 1. The number of phenolic OH excluding ortho intramolecular Hbond substituents is 1. The van der Waals surface area contributed by atoms with E-state index in [1.807, 2.05) is 24.3 Å². The summed E-state index contributed by atoms with van der Waals surface area (Å²) in [7, 11) is 1.61. The number of ether oxygens (including phenoxy) is 1. The minimum absolute atomic E-state index is 0.131. The summed E-state index contributed by atoms with van der Waals surface area (Å²) in [6, 6.07) is 10.5. The van der Waals surface area contributed by atoms with E-state index in [1.54, 1.807) is 25.5 Å². The van der Waals surface area contributed by atoms with Crippen molar-refractivity contribution in [2.75, 3.05) is 12.5 Å². The van der Waals surface area contributed by atoms with Crippen LogP contribution in [0, 0.1) is 0 Å². The number of hydrogen-bond donors (Lipinski definition) is 2. The van der Waals surface area contributed by atoms with Gasteiger partial charge in [-0.05, 0) is 42.0 Å². The van der Waals surface area contributed by atoms with Crippen molar-refractivity contribution in [1.29, 1.82) is 0 Å². The van der Waals surface area contributed by atoms with Crippen LogP contribution in [0.15, 0.2) is 41.5 Å². The average Bonchev–Trinajstić information content (AvgIpc) is 2.45. The molecule has 0 radical (unpaired) electrons.